The van der Waals surface area contributed by atoms with Gasteiger partial charge in [0.2, 0.25) is 0 Å². The summed E-state index contributed by atoms with van der Waals surface area (Å²) in [5.74, 6) is 0.957. The SMILES string of the molecule is CC(C)c1ccc(NC(=S)Nc2nn(Cc3ccc(Cl)cc3Cl)cc2Cl)cc1. The van der Waals surface area contributed by atoms with Crippen LogP contribution in [0.2, 0.25) is 15.1 Å². The molecule has 3 rings (SSSR count). The summed E-state index contributed by atoms with van der Waals surface area (Å²) < 4.78 is 1.69. The van der Waals surface area contributed by atoms with Crippen molar-refractivity contribution in [2.24, 2.45) is 0 Å². The lowest BCUT2D eigenvalue weighted by atomic mass is 10.0. The molecule has 0 aliphatic heterocycles. The monoisotopic (exact) mass is 452 g/mol. The maximum Gasteiger partial charge on any atom is 0.176 e. The summed E-state index contributed by atoms with van der Waals surface area (Å²) in [6, 6.07) is 13.5. The van der Waals surface area contributed by atoms with Crippen molar-refractivity contribution in [1.29, 1.82) is 0 Å². The number of hydrogen-bond acceptors (Lipinski definition) is 2. The number of nitrogens with zero attached hydrogens (tertiary/aromatic N) is 2. The van der Waals surface area contributed by atoms with Crippen molar-refractivity contribution in [3.8, 4) is 0 Å². The predicted molar refractivity (Wildman–Crippen MR) is 123 cm³/mol. The van der Waals surface area contributed by atoms with Gasteiger partial charge < -0.3 is 10.6 Å². The Bertz CT molecular complexity index is 984. The van der Waals surface area contributed by atoms with Crippen LogP contribution in [0.4, 0.5) is 11.5 Å². The third kappa shape index (κ3) is 5.39. The van der Waals surface area contributed by atoms with E-state index >= 15 is 0 Å². The van der Waals surface area contributed by atoms with Gasteiger partial charge in [-0.1, -0.05) is 66.8 Å². The number of anilines is 2. The molecule has 0 aliphatic carbocycles. The van der Waals surface area contributed by atoms with Crippen LogP contribution in [0.5, 0.6) is 0 Å². The molecule has 4 nitrogen and oxygen atoms in total. The first-order valence-electron chi connectivity index (χ1n) is 8.66. The number of halogens is 3. The molecule has 0 unspecified atom stereocenters. The van der Waals surface area contributed by atoms with Gasteiger partial charge in [0, 0.05) is 21.9 Å². The van der Waals surface area contributed by atoms with Gasteiger partial charge in [-0.2, -0.15) is 5.10 Å². The third-order valence-electron chi connectivity index (χ3n) is 4.13. The van der Waals surface area contributed by atoms with Gasteiger partial charge in [0.25, 0.3) is 0 Å². The zero-order valence-electron chi connectivity index (χ0n) is 15.3. The Morgan fingerprint density at radius 1 is 1.04 bits per heavy atom. The van der Waals surface area contributed by atoms with Crippen molar-refractivity contribution in [2.75, 3.05) is 10.6 Å². The summed E-state index contributed by atoms with van der Waals surface area (Å²) in [6.07, 6.45) is 1.72. The fraction of sp³-hybridized carbons (Fsp3) is 0.200. The van der Waals surface area contributed by atoms with Crippen LogP contribution in [0.1, 0.15) is 30.9 Å². The molecule has 0 aliphatic rings. The molecule has 0 saturated heterocycles. The largest absolute Gasteiger partial charge is 0.332 e. The molecule has 146 valence electrons. The normalized spacial score (nSPS) is 10.9. The molecule has 28 heavy (non-hydrogen) atoms. The average molecular weight is 454 g/mol. The van der Waals surface area contributed by atoms with E-state index in [4.69, 9.17) is 47.0 Å². The Morgan fingerprint density at radius 2 is 1.75 bits per heavy atom. The van der Waals surface area contributed by atoms with Crippen molar-refractivity contribution >= 4 is 63.6 Å². The fourth-order valence-electron chi connectivity index (χ4n) is 2.61. The molecule has 3 aromatic rings. The van der Waals surface area contributed by atoms with Gasteiger partial charge in [-0.05, 0) is 53.5 Å². The standard InChI is InChI=1S/C20H19Cl3N4S/c1-12(2)13-4-7-16(8-5-13)24-20(28)25-19-18(23)11-27(26-19)10-14-3-6-15(21)9-17(14)22/h3-9,11-12H,10H2,1-2H3,(H2,24,25,26,28). The van der Waals surface area contributed by atoms with E-state index in [0.29, 0.717) is 38.5 Å². The molecule has 0 radical (unpaired) electrons. The van der Waals surface area contributed by atoms with Gasteiger partial charge in [-0.25, -0.2) is 0 Å². The van der Waals surface area contributed by atoms with Gasteiger partial charge in [-0.15, -0.1) is 0 Å². The van der Waals surface area contributed by atoms with Crippen LogP contribution in [0.25, 0.3) is 0 Å². The number of rotatable bonds is 5. The van der Waals surface area contributed by atoms with E-state index in [1.165, 1.54) is 5.56 Å². The van der Waals surface area contributed by atoms with Crippen LogP contribution in [0.3, 0.4) is 0 Å². The highest BCUT2D eigenvalue weighted by molar-refractivity contribution is 7.80. The maximum absolute atomic E-state index is 6.29. The molecule has 0 saturated carbocycles. The summed E-state index contributed by atoms with van der Waals surface area (Å²) in [7, 11) is 0. The van der Waals surface area contributed by atoms with Crippen LogP contribution in [0.15, 0.2) is 48.7 Å². The Hall–Kier alpha value is -1.79. The Morgan fingerprint density at radius 3 is 2.39 bits per heavy atom. The minimum absolute atomic E-state index is 0.411. The van der Waals surface area contributed by atoms with Gasteiger partial charge in [-0.3, -0.25) is 4.68 Å². The van der Waals surface area contributed by atoms with E-state index in [1.807, 2.05) is 18.2 Å². The molecule has 1 aromatic heterocycles. The third-order valence-corrected chi connectivity index (χ3v) is 5.20. The molecule has 2 aromatic carbocycles. The van der Waals surface area contributed by atoms with Crippen molar-refractivity contribution in [3.63, 3.8) is 0 Å². The van der Waals surface area contributed by atoms with E-state index in [0.717, 1.165) is 11.3 Å². The first kappa shape index (κ1) is 20.9. The molecular formula is C20H19Cl3N4S. The minimum Gasteiger partial charge on any atom is -0.332 e. The van der Waals surface area contributed by atoms with Crippen LogP contribution in [-0.4, -0.2) is 14.9 Å². The van der Waals surface area contributed by atoms with Crippen LogP contribution in [0, 0.1) is 0 Å². The molecule has 0 fully saturated rings. The molecule has 0 amide bonds. The zero-order chi connectivity index (χ0) is 20.3. The first-order chi connectivity index (χ1) is 13.3. The Balaban J connectivity index is 1.65. The number of thiocarbonyl (C=S) groups is 1. The molecule has 0 spiro atoms. The number of nitrogens with one attached hydrogen (secondary N) is 2. The van der Waals surface area contributed by atoms with Crippen molar-refractivity contribution in [1.82, 2.24) is 9.78 Å². The van der Waals surface area contributed by atoms with E-state index in [9.17, 15) is 0 Å². The van der Waals surface area contributed by atoms with Crippen LogP contribution < -0.4 is 10.6 Å². The van der Waals surface area contributed by atoms with E-state index in [2.05, 4.69) is 41.7 Å². The van der Waals surface area contributed by atoms with Crippen molar-refractivity contribution in [2.45, 2.75) is 26.3 Å². The topological polar surface area (TPSA) is 41.9 Å². The lowest BCUT2D eigenvalue weighted by molar-refractivity contribution is 0.690. The quantitative estimate of drug-likeness (QED) is 0.416. The molecule has 2 N–H and O–H groups in total. The van der Waals surface area contributed by atoms with Crippen molar-refractivity contribution in [3.05, 3.63) is 74.9 Å². The highest BCUT2D eigenvalue weighted by Crippen LogP contribution is 2.24. The van der Waals surface area contributed by atoms with Gasteiger partial charge >= 0.3 is 0 Å². The van der Waals surface area contributed by atoms with E-state index in [-0.39, 0.29) is 0 Å². The first-order valence-corrected chi connectivity index (χ1v) is 10.2. The molecule has 1 heterocycles. The Kier molecular flexibility index (Phi) is 6.83. The fourth-order valence-corrected chi connectivity index (χ4v) is 3.49. The number of benzene rings is 2. The van der Waals surface area contributed by atoms with Crippen molar-refractivity contribution < 1.29 is 0 Å². The Labute approximate surface area is 184 Å². The number of aromatic nitrogens is 2. The number of hydrogen-bond donors (Lipinski definition) is 2. The molecule has 0 bridgehead atoms. The lowest BCUT2D eigenvalue weighted by Gasteiger charge is -2.11. The maximum atomic E-state index is 6.29. The smallest absolute Gasteiger partial charge is 0.176 e. The summed E-state index contributed by atoms with van der Waals surface area (Å²) in [6.45, 7) is 4.78. The zero-order valence-corrected chi connectivity index (χ0v) is 18.4. The summed E-state index contributed by atoms with van der Waals surface area (Å²) >= 11 is 23.8. The second-order valence-corrected chi connectivity index (χ2v) is 8.27. The van der Waals surface area contributed by atoms with E-state index < -0.39 is 0 Å². The van der Waals surface area contributed by atoms with Gasteiger partial charge in [0.15, 0.2) is 10.9 Å². The summed E-state index contributed by atoms with van der Waals surface area (Å²) in [5, 5.41) is 12.6. The lowest BCUT2D eigenvalue weighted by Crippen LogP contribution is -2.19. The van der Waals surface area contributed by atoms with Gasteiger partial charge in [0.1, 0.15) is 5.02 Å². The molecular weight excluding hydrogens is 435 g/mol. The van der Waals surface area contributed by atoms with E-state index in [1.54, 1.807) is 23.0 Å². The van der Waals surface area contributed by atoms with Crippen LogP contribution in [-0.2, 0) is 6.54 Å². The van der Waals surface area contributed by atoms with Crippen LogP contribution >= 0.6 is 47.0 Å². The second-order valence-electron chi connectivity index (χ2n) is 6.61. The highest BCUT2D eigenvalue weighted by atomic mass is 35.5. The molecule has 0 atom stereocenters. The minimum atomic E-state index is 0.411. The highest BCUT2D eigenvalue weighted by Gasteiger charge is 2.11. The second kappa shape index (κ2) is 9.14. The van der Waals surface area contributed by atoms with Gasteiger partial charge in [0.05, 0.1) is 6.54 Å². The predicted octanol–water partition coefficient (Wildman–Crippen LogP) is 6.82. The average Bonchev–Trinajstić information content (AvgIpc) is 2.97. The summed E-state index contributed by atoms with van der Waals surface area (Å²) in [5.41, 5.74) is 3.06. The molecule has 8 heteroatoms. The summed E-state index contributed by atoms with van der Waals surface area (Å²) in [4.78, 5) is 0.